The molecule has 0 bridgehead atoms. The molecule has 0 aliphatic carbocycles. The number of unbranched alkanes of at least 4 members (excludes halogenated alkanes) is 1. The number of rotatable bonds is 7. The van der Waals surface area contributed by atoms with Crippen LogP contribution >= 0.6 is 0 Å². The molecule has 0 aromatic carbocycles. The third kappa shape index (κ3) is 4.59. The SMILES string of the molecule is CCCCC(CC)CC(=O)c1cc(C)nc(C)c1. The summed E-state index contributed by atoms with van der Waals surface area (Å²) in [4.78, 5) is 16.6. The fourth-order valence-electron chi connectivity index (χ4n) is 2.32. The standard InChI is InChI=1S/C16H25NO/c1-5-7-8-14(6-2)11-16(18)15-9-12(3)17-13(4)10-15/h9-10,14H,5-8,11H2,1-4H3. The van der Waals surface area contributed by atoms with Gasteiger partial charge in [-0.25, -0.2) is 0 Å². The second-order valence-corrected chi connectivity index (χ2v) is 5.18. The van der Waals surface area contributed by atoms with Gasteiger partial charge in [-0.3, -0.25) is 9.78 Å². The van der Waals surface area contributed by atoms with Gasteiger partial charge in [0.25, 0.3) is 0 Å². The van der Waals surface area contributed by atoms with E-state index in [1.807, 2.05) is 26.0 Å². The quantitative estimate of drug-likeness (QED) is 0.665. The number of carbonyl (C=O) groups is 1. The molecule has 1 atom stereocenters. The van der Waals surface area contributed by atoms with Crippen LogP contribution in [0.15, 0.2) is 12.1 Å². The Morgan fingerprint density at radius 1 is 1.22 bits per heavy atom. The smallest absolute Gasteiger partial charge is 0.163 e. The predicted molar refractivity (Wildman–Crippen MR) is 76.0 cm³/mol. The van der Waals surface area contributed by atoms with Crippen LogP contribution in [0, 0.1) is 19.8 Å². The summed E-state index contributed by atoms with van der Waals surface area (Å²) in [5.41, 5.74) is 2.69. The summed E-state index contributed by atoms with van der Waals surface area (Å²) in [6.45, 7) is 8.26. The van der Waals surface area contributed by atoms with Crippen LogP contribution in [0.3, 0.4) is 0 Å². The van der Waals surface area contributed by atoms with E-state index in [-0.39, 0.29) is 5.78 Å². The first-order valence-electron chi connectivity index (χ1n) is 7.05. The lowest BCUT2D eigenvalue weighted by Gasteiger charge is -2.13. The third-order valence-electron chi connectivity index (χ3n) is 3.42. The van der Waals surface area contributed by atoms with Gasteiger partial charge in [-0.2, -0.15) is 0 Å². The van der Waals surface area contributed by atoms with E-state index in [2.05, 4.69) is 18.8 Å². The summed E-state index contributed by atoms with van der Waals surface area (Å²) in [5, 5.41) is 0. The third-order valence-corrected chi connectivity index (χ3v) is 3.42. The van der Waals surface area contributed by atoms with Gasteiger partial charge in [-0.05, 0) is 31.9 Å². The minimum absolute atomic E-state index is 0.270. The Kier molecular flexibility index (Phi) is 6.03. The van der Waals surface area contributed by atoms with Gasteiger partial charge in [0.05, 0.1) is 0 Å². The van der Waals surface area contributed by atoms with E-state index in [1.54, 1.807) is 0 Å². The molecule has 2 heteroatoms. The minimum atomic E-state index is 0.270. The van der Waals surface area contributed by atoms with Gasteiger partial charge >= 0.3 is 0 Å². The summed E-state index contributed by atoms with van der Waals surface area (Å²) < 4.78 is 0. The lowest BCUT2D eigenvalue weighted by atomic mass is 9.91. The van der Waals surface area contributed by atoms with Crippen LogP contribution in [-0.4, -0.2) is 10.8 Å². The number of Topliss-reactive ketones (excluding diaryl/α,β-unsaturated/α-hetero) is 1. The number of hydrogen-bond acceptors (Lipinski definition) is 2. The van der Waals surface area contributed by atoms with E-state index in [4.69, 9.17) is 0 Å². The van der Waals surface area contributed by atoms with Crippen molar-refractivity contribution in [1.82, 2.24) is 4.98 Å². The van der Waals surface area contributed by atoms with Crippen LogP contribution in [0.25, 0.3) is 0 Å². The highest BCUT2D eigenvalue weighted by molar-refractivity contribution is 5.96. The molecule has 0 aliphatic heterocycles. The molecule has 1 aromatic heterocycles. The Hall–Kier alpha value is -1.18. The van der Waals surface area contributed by atoms with Crippen molar-refractivity contribution in [1.29, 1.82) is 0 Å². The Morgan fingerprint density at radius 2 is 1.83 bits per heavy atom. The van der Waals surface area contributed by atoms with E-state index in [1.165, 1.54) is 19.3 Å². The zero-order valence-electron chi connectivity index (χ0n) is 12.1. The van der Waals surface area contributed by atoms with Crippen LogP contribution in [0.1, 0.15) is 67.7 Å². The van der Waals surface area contributed by atoms with Crippen molar-refractivity contribution >= 4 is 5.78 Å². The van der Waals surface area contributed by atoms with Crippen LogP contribution in [0.5, 0.6) is 0 Å². The molecular formula is C16H25NO. The number of ketones is 1. The molecule has 0 aliphatic rings. The highest BCUT2D eigenvalue weighted by Crippen LogP contribution is 2.20. The Labute approximate surface area is 111 Å². The molecule has 0 saturated carbocycles. The van der Waals surface area contributed by atoms with Gasteiger partial charge in [-0.1, -0.05) is 39.5 Å². The minimum Gasteiger partial charge on any atom is -0.294 e. The molecule has 18 heavy (non-hydrogen) atoms. The molecule has 1 heterocycles. The van der Waals surface area contributed by atoms with Crippen LogP contribution < -0.4 is 0 Å². The first kappa shape index (κ1) is 14.9. The van der Waals surface area contributed by atoms with Gasteiger partial charge in [0.2, 0.25) is 0 Å². The fourth-order valence-corrected chi connectivity index (χ4v) is 2.32. The molecule has 1 unspecified atom stereocenters. The molecule has 1 aromatic rings. The zero-order valence-corrected chi connectivity index (χ0v) is 12.1. The van der Waals surface area contributed by atoms with Crippen molar-refractivity contribution in [3.8, 4) is 0 Å². The Balaban J connectivity index is 2.68. The highest BCUT2D eigenvalue weighted by Gasteiger charge is 2.14. The van der Waals surface area contributed by atoms with Crippen molar-refractivity contribution in [3.63, 3.8) is 0 Å². The van der Waals surface area contributed by atoms with Crippen molar-refractivity contribution in [2.24, 2.45) is 5.92 Å². The maximum Gasteiger partial charge on any atom is 0.163 e. The second kappa shape index (κ2) is 7.30. The molecule has 0 saturated heterocycles. The topological polar surface area (TPSA) is 30.0 Å². The number of pyridine rings is 1. The van der Waals surface area contributed by atoms with E-state index in [9.17, 15) is 4.79 Å². The monoisotopic (exact) mass is 247 g/mol. The van der Waals surface area contributed by atoms with Crippen LogP contribution in [0.2, 0.25) is 0 Å². The van der Waals surface area contributed by atoms with E-state index in [0.717, 1.165) is 23.4 Å². The molecule has 0 fully saturated rings. The van der Waals surface area contributed by atoms with Gasteiger partial charge in [0.15, 0.2) is 5.78 Å². The van der Waals surface area contributed by atoms with Crippen LogP contribution in [-0.2, 0) is 0 Å². The highest BCUT2D eigenvalue weighted by atomic mass is 16.1. The summed E-state index contributed by atoms with van der Waals surface area (Å²) >= 11 is 0. The number of carbonyl (C=O) groups excluding carboxylic acids is 1. The van der Waals surface area contributed by atoms with Gasteiger partial charge in [0, 0.05) is 23.4 Å². The Morgan fingerprint density at radius 3 is 2.33 bits per heavy atom. The molecule has 1 rings (SSSR count). The fraction of sp³-hybridized carbons (Fsp3) is 0.625. The zero-order chi connectivity index (χ0) is 13.5. The Bertz CT molecular complexity index is 378. The number of nitrogens with zero attached hydrogens (tertiary/aromatic N) is 1. The largest absolute Gasteiger partial charge is 0.294 e. The summed E-state index contributed by atoms with van der Waals surface area (Å²) in [6.07, 6.45) is 5.37. The number of hydrogen-bond donors (Lipinski definition) is 0. The maximum absolute atomic E-state index is 12.3. The lowest BCUT2D eigenvalue weighted by molar-refractivity contribution is 0.0956. The molecule has 0 spiro atoms. The maximum atomic E-state index is 12.3. The second-order valence-electron chi connectivity index (χ2n) is 5.18. The number of aryl methyl sites for hydroxylation is 2. The molecule has 2 nitrogen and oxygen atoms in total. The average molecular weight is 247 g/mol. The van der Waals surface area contributed by atoms with E-state index < -0.39 is 0 Å². The average Bonchev–Trinajstić information content (AvgIpc) is 2.32. The number of aromatic nitrogens is 1. The normalized spacial score (nSPS) is 12.4. The van der Waals surface area contributed by atoms with E-state index in [0.29, 0.717) is 12.3 Å². The van der Waals surface area contributed by atoms with Crippen molar-refractivity contribution in [3.05, 3.63) is 29.1 Å². The van der Waals surface area contributed by atoms with Crippen LogP contribution in [0.4, 0.5) is 0 Å². The lowest BCUT2D eigenvalue weighted by Crippen LogP contribution is -2.09. The molecule has 0 amide bonds. The predicted octanol–water partition coefficient (Wildman–Crippen LogP) is 4.49. The van der Waals surface area contributed by atoms with Gasteiger partial charge in [0.1, 0.15) is 0 Å². The summed E-state index contributed by atoms with van der Waals surface area (Å²) in [7, 11) is 0. The van der Waals surface area contributed by atoms with Gasteiger partial charge in [-0.15, -0.1) is 0 Å². The molecule has 0 N–H and O–H groups in total. The summed E-state index contributed by atoms with van der Waals surface area (Å²) in [5.74, 6) is 0.804. The van der Waals surface area contributed by atoms with E-state index >= 15 is 0 Å². The first-order valence-corrected chi connectivity index (χ1v) is 7.05. The molecular weight excluding hydrogens is 222 g/mol. The van der Waals surface area contributed by atoms with Gasteiger partial charge < -0.3 is 0 Å². The van der Waals surface area contributed by atoms with Crippen molar-refractivity contribution in [2.45, 2.75) is 59.8 Å². The molecule has 100 valence electrons. The molecule has 0 radical (unpaired) electrons. The first-order chi connectivity index (χ1) is 8.56. The van der Waals surface area contributed by atoms with Crippen molar-refractivity contribution in [2.75, 3.05) is 0 Å². The summed E-state index contributed by atoms with van der Waals surface area (Å²) in [6, 6.07) is 3.81. The van der Waals surface area contributed by atoms with Crippen molar-refractivity contribution < 1.29 is 4.79 Å².